The van der Waals surface area contributed by atoms with Gasteiger partial charge in [0.25, 0.3) is 5.91 Å². The van der Waals surface area contributed by atoms with Crippen LogP contribution < -0.4 is 5.32 Å². The Morgan fingerprint density at radius 2 is 2.35 bits per heavy atom. The van der Waals surface area contributed by atoms with Crippen molar-refractivity contribution in [3.05, 3.63) is 29.8 Å². The third-order valence-electron chi connectivity index (χ3n) is 2.98. The van der Waals surface area contributed by atoms with Gasteiger partial charge in [-0.05, 0) is 19.1 Å². The number of benzene rings is 1. The van der Waals surface area contributed by atoms with Crippen LogP contribution in [0.2, 0.25) is 0 Å². The summed E-state index contributed by atoms with van der Waals surface area (Å²) in [7, 11) is 1.58. The molecule has 1 aliphatic rings. The molecule has 1 aliphatic heterocycles. The van der Waals surface area contributed by atoms with Gasteiger partial charge in [-0.2, -0.15) is 0 Å². The van der Waals surface area contributed by atoms with Gasteiger partial charge in [-0.15, -0.1) is 0 Å². The van der Waals surface area contributed by atoms with Gasteiger partial charge in [0.1, 0.15) is 5.75 Å². The molecule has 20 heavy (non-hydrogen) atoms. The van der Waals surface area contributed by atoms with E-state index in [0.717, 1.165) is 0 Å². The minimum atomic E-state index is -0.663. The van der Waals surface area contributed by atoms with Crippen LogP contribution in [-0.2, 0) is 14.4 Å². The average molecular weight is 278 g/mol. The largest absolute Gasteiger partial charge is 0.507 e. The monoisotopic (exact) mass is 278 g/mol. The smallest absolute Gasteiger partial charge is 0.264 e. The molecule has 0 aromatic heterocycles. The van der Waals surface area contributed by atoms with Crippen LogP contribution in [0.1, 0.15) is 18.9 Å². The number of hydrogen-bond donors (Lipinski definition) is 2. The molecule has 0 aliphatic carbocycles. The van der Waals surface area contributed by atoms with Gasteiger partial charge in [-0.1, -0.05) is 17.3 Å². The highest BCUT2D eigenvalue weighted by Gasteiger charge is 2.30. The fraction of sp³-hybridized carbons (Fsp3) is 0.429. The Balaban J connectivity index is 1.95. The second kappa shape index (κ2) is 6.38. The molecule has 0 unspecified atom stereocenters. The van der Waals surface area contributed by atoms with Crippen molar-refractivity contribution in [1.29, 1.82) is 0 Å². The molecule has 0 fully saturated rings. The maximum absolute atomic E-state index is 12.0. The van der Waals surface area contributed by atoms with Crippen molar-refractivity contribution in [1.82, 2.24) is 5.32 Å². The summed E-state index contributed by atoms with van der Waals surface area (Å²) in [4.78, 5) is 17.1. The number of oxime groups is 1. The second-order valence-corrected chi connectivity index (χ2v) is 4.72. The zero-order valence-electron chi connectivity index (χ0n) is 11.5. The number of amides is 1. The van der Waals surface area contributed by atoms with Crippen LogP contribution in [0.5, 0.6) is 5.75 Å². The van der Waals surface area contributed by atoms with E-state index in [4.69, 9.17) is 9.57 Å². The highest BCUT2D eigenvalue weighted by molar-refractivity contribution is 6.05. The predicted molar refractivity (Wildman–Crippen MR) is 73.6 cm³/mol. The molecule has 0 radical (unpaired) electrons. The van der Waals surface area contributed by atoms with Crippen molar-refractivity contribution in [2.45, 2.75) is 25.5 Å². The number of hydrogen-bond acceptors (Lipinski definition) is 5. The maximum Gasteiger partial charge on any atom is 0.264 e. The number of nitrogens with one attached hydrogen (secondary N) is 1. The van der Waals surface area contributed by atoms with Crippen molar-refractivity contribution < 1.29 is 19.5 Å². The first-order valence-corrected chi connectivity index (χ1v) is 6.42. The number of ether oxygens (including phenoxy) is 1. The SMILES string of the molecule is COC[C@H](C)NC(=O)[C@@H]1CC(c2ccccc2O)=NO1. The molecule has 2 N–H and O–H groups in total. The molecule has 1 aromatic rings. The fourth-order valence-corrected chi connectivity index (χ4v) is 2.02. The van der Waals surface area contributed by atoms with Gasteiger partial charge in [-0.3, -0.25) is 4.79 Å². The number of nitrogens with zero attached hydrogens (tertiary/aromatic N) is 1. The molecular formula is C14H18N2O4. The summed E-state index contributed by atoms with van der Waals surface area (Å²) in [6.45, 7) is 2.28. The topological polar surface area (TPSA) is 80.2 Å². The number of carbonyl (C=O) groups is 1. The Kier molecular flexibility index (Phi) is 4.57. The quantitative estimate of drug-likeness (QED) is 0.843. The predicted octanol–water partition coefficient (Wildman–Crippen LogP) is 1.04. The number of para-hydroxylation sites is 1. The first-order chi connectivity index (χ1) is 9.61. The zero-order chi connectivity index (χ0) is 14.5. The van der Waals surface area contributed by atoms with E-state index >= 15 is 0 Å². The van der Waals surface area contributed by atoms with E-state index in [0.29, 0.717) is 24.3 Å². The summed E-state index contributed by atoms with van der Waals surface area (Å²) in [6.07, 6.45) is -0.327. The molecule has 6 nitrogen and oxygen atoms in total. The van der Waals surface area contributed by atoms with Crippen LogP contribution >= 0.6 is 0 Å². The van der Waals surface area contributed by atoms with Crippen LogP contribution in [0, 0.1) is 0 Å². The first kappa shape index (κ1) is 14.3. The molecule has 6 heteroatoms. The van der Waals surface area contributed by atoms with E-state index in [2.05, 4.69) is 10.5 Å². The molecule has 0 bridgehead atoms. The Morgan fingerprint density at radius 1 is 1.60 bits per heavy atom. The molecule has 2 rings (SSSR count). The van der Waals surface area contributed by atoms with E-state index in [-0.39, 0.29) is 17.7 Å². The minimum absolute atomic E-state index is 0.0923. The summed E-state index contributed by atoms with van der Waals surface area (Å²) in [6, 6.07) is 6.75. The number of phenolic OH excluding ortho intramolecular Hbond substituents is 1. The maximum atomic E-state index is 12.0. The molecule has 0 spiro atoms. The van der Waals surface area contributed by atoms with Crippen LogP contribution in [0.15, 0.2) is 29.4 Å². The summed E-state index contributed by atoms with van der Waals surface area (Å²) in [5, 5.41) is 16.4. The van der Waals surface area contributed by atoms with Gasteiger partial charge in [-0.25, -0.2) is 0 Å². The summed E-state index contributed by atoms with van der Waals surface area (Å²) >= 11 is 0. The van der Waals surface area contributed by atoms with E-state index in [1.54, 1.807) is 31.4 Å². The summed E-state index contributed by atoms with van der Waals surface area (Å²) < 4.78 is 4.96. The van der Waals surface area contributed by atoms with Gasteiger partial charge in [0.2, 0.25) is 6.10 Å². The minimum Gasteiger partial charge on any atom is -0.507 e. The van der Waals surface area contributed by atoms with Gasteiger partial charge in [0.05, 0.1) is 12.3 Å². The highest BCUT2D eigenvalue weighted by atomic mass is 16.6. The fourth-order valence-electron chi connectivity index (χ4n) is 2.02. The highest BCUT2D eigenvalue weighted by Crippen LogP contribution is 2.23. The molecule has 1 aromatic carbocycles. The summed E-state index contributed by atoms with van der Waals surface area (Å²) in [5.74, 6) is -0.104. The molecule has 0 saturated carbocycles. The Labute approximate surface area is 117 Å². The molecule has 108 valence electrons. The van der Waals surface area contributed by atoms with Gasteiger partial charge >= 0.3 is 0 Å². The molecule has 1 amide bonds. The third-order valence-corrected chi connectivity index (χ3v) is 2.98. The lowest BCUT2D eigenvalue weighted by Crippen LogP contribution is -2.42. The lowest BCUT2D eigenvalue weighted by Gasteiger charge is -2.15. The van der Waals surface area contributed by atoms with E-state index in [9.17, 15) is 9.90 Å². The summed E-state index contributed by atoms with van der Waals surface area (Å²) in [5.41, 5.74) is 1.16. The van der Waals surface area contributed by atoms with Crippen LogP contribution in [0.25, 0.3) is 0 Å². The van der Waals surface area contributed by atoms with Crippen LogP contribution in [-0.4, -0.2) is 42.6 Å². The van der Waals surface area contributed by atoms with E-state index in [1.807, 2.05) is 6.92 Å². The number of carbonyl (C=O) groups excluding carboxylic acids is 1. The van der Waals surface area contributed by atoms with Gasteiger partial charge in [0, 0.05) is 25.1 Å². The Bertz CT molecular complexity index is 516. The van der Waals surface area contributed by atoms with Gasteiger partial charge < -0.3 is 20.0 Å². The zero-order valence-corrected chi connectivity index (χ0v) is 11.5. The van der Waals surface area contributed by atoms with E-state index < -0.39 is 6.10 Å². The lowest BCUT2D eigenvalue weighted by atomic mass is 10.0. The van der Waals surface area contributed by atoms with Crippen molar-refractivity contribution >= 4 is 11.6 Å². The van der Waals surface area contributed by atoms with Crippen LogP contribution in [0.4, 0.5) is 0 Å². The Hall–Kier alpha value is -2.08. The standard InChI is InChI=1S/C14H18N2O4/c1-9(8-19-2)15-14(18)13-7-11(16-20-13)10-5-3-4-6-12(10)17/h3-6,9,13,17H,7-8H2,1-2H3,(H,15,18)/t9-,13-/m0/s1. The number of phenols is 1. The van der Waals surface area contributed by atoms with Crippen molar-refractivity contribution in [2.24, 2.45) is 5.16 Å². The number of methoxy groups -OCH3 is 1. The second-order valence-electron chi connectivity index (χ2n) is 4.72. The van der Waals surface area contributed by atoms with Crippen molar-refractivity contribution in [3.63, 3.8) is 0 Å². The third kappa shape index (κ3) is 3.27. The Morgan fingerprint density at radius 3 is 3.05 bits per heavy atom. The molecule has 1 heterocycles. The van der Waals surface area contributed by atoms with E-state index in [1.165, 1.54) is 0 Å². The van der Waals surface area contributed by atoms with Crippen molar-refractivity contribution in [2.75, 3.05) is 13.7 Å². The van der Waals surface area contributed by atoms with Crippen LogP contribution in [0.3, 0.4) is 0 Å². The first-order valence-electron chi connectivity index (χ1n) is 6.42. The molecule has 2 atom stereocenters. The molecule has 0 saturated heterocycles. The van der Waals surface area contributed by atoms with Gasteiger partial charge in [0.15, 0.2) is 0 Å². The number of aromatic hydroxyl groups is 1. The normalized spacial score (nSPS) is 19.1. The lowest BCUT2D eigenvalue weighted by molar-refractivity contribution is -0.132. The molecular weight excluding hydrogens is 260 g/mol. The average Bonchev–Trinajstić information content (AvgIpc) is 2.89. The number of rotatable bonds is 5. The van der Waals surface area contributed by atoms with Crippen molar-refractivity contribution in [3.8, 4) is 5.75 Å².